The zero-order valence-corrected chi connectivity index (χ0v) is 11.7. The number of anilines is 1. The molecule has 0 unspecified atom stereocenters. The molecule has 3 heteroatoms. The molecule has 0 saturated carbocycles. The van der Waals surface area contributed by atoms with Crippen LogP contribution in [0.5, 0.6) is 5.75 Å². The number of aryl methyl sites for hydroxylation is 2. The third-order valence-corrected chi connectivity index (χ3v) is 3.89. The van der Waals surface area contributed by atoms with Gasteiger partial charge in [0.2, 0.25) is 0 Å². The van der Waals surface area contributed by atoms with E-state index in [1.807, 2.05) is 18.2 Å². The molecule has 2 aromatic carbocycles. The van der Waals surface area contributed by atoms with Crippen molar-refractivity contribution < 1.29 is 4.74 Å². The molecule has 0 atom stereocenters. The van der Waals surface area contributed by atoms with Crippen LogP contribution >= 0.6 is 11.8 Å². The van der Waals surface area contributed by atoms with Gasteiger partial charge < -0.3 is 10.5 Å². The number of nitrogens with two attached hydrogens (primary N) is 1. The van der Waals surface area contributed by atoms with Crippen molar-refractivity contribution >= 4 is 17.4 Å². The summed E-state index contributed by atoms with van der Waals surface area (Å²) in [7, 11) is 1.70. The standard InChI is InChI=1S/C15H17NOS/c1-10-7-14(17-3)15(8-11(10)2)18-13-6-4-5-12(16)9-13/h4-9H,16H2,1-3H3. The first-order chi connectivity index (χ1) is 8.60. The Morgan fingerprint density at radius 1 is 1.06 bits per heavy atom. The quantitative estimate of drug-likeness (QED) is 0.845. The number of methoxy groups -OCH3 is 1. The second-order valence-corrected chi connectivity index (χ2v) is 5.38. The first-order valence-electron chi connectivity index (χ1n) is 5.79. The summed E-state index contributed by atoms with van der Waals surface area (Å²) in [6.45, 7) is 4.20. The van der Waals surface area contributed by atoms with Crippen LogP contribution in [0.25, 0.3) is 0 Å². The van der Waals surface area contributed by atoms with Gasteiger partial charge in [-0.1, -0.05) is 17.8 Å². The Hall–Kier alpha value is -1.61. The van der Waals surface area contributed by atoms with Gasteiger partial charge in [-0.15, -0.1) is 0 Å². The molecule has 0 amide bonds. The van der Waals surface area contributed by atoms with E-state index < -0.39 is 0 Å². The summed E-state index contributed by atoms with van der Waals surface area (Å²) < 4.78 is 5.43. The maximum absolute atomic E-state index is 5.79. The van der Waals surface area contributed by atoms with Crippen LogP contribution in [-0.4, -0.2) is 7.11 Å². The van der Waals surface area contributed by atoms with E-state index in [4.69, 9.17) is 10.5 Å². The highest BCUT2D eigenvalue weighted by Crippen LogP contribution is 2.37. The molecule has 94 valence electrons. The molecule has 0 radical (unpaired) electrons. The molecule has 0 saturated heterocycles. The van der Waals surface area contributed by atoms with E-state index >= 15 is 0 Å². The predicted molar refractivity (Wildman–Crippen MR) is 77.4 cm³/mol. The Morgan fingerprint density at radius 2 is 1.78 bits per heavy atom. The van der Waals surface area contributed by atoms with E-state index in [0.29, 0.717) is 0 Å². The lowest BCUT2D eigenvalue weighted by atomic mass is 10.1. The van der Waals surface area contributed by atoms with Gasteiger partial charge in [0.05, 0.1) is 12.0 Å². The van der Waals surface area contributed by atoms with E-state index in [2.05, 4.69) is 32.0 Å². The van der Waals surface area contributed by atoms with Crippen molar-refractivity contribution in [3.05, 3.63) is 47.5 Å². The number of benzene rings is 2. The Bertz CT molecular complexity index is 566. The first-order valence-corrected chi connectivity index (χ1v) is 6.60. The van der Waals surface area contributed by atoms with E-state index in [1.165, 1.54) is 11.1 Å². The highest BCUT2D eigenvalue weighted by molar-refractivity contribution is 7.99. The fraction of sp³-hybridized carbons (Fsp3) is 0.200. The van der Waals surface area contributed by atoms with Crippen LogP contribution in [0.2, 0.25) is 0 Å². The van der Waals surface area contributed by atoms with Crippen molar-refractivity contribution in [1.82, 2.24) is 0 Å². The van der Waals surface area contributed by atoms with E-state index in [-0.39, 0.29) is 0 Å². The molecule has 0 heterocycles. The molecule has 2 nitrogen and oxygen atoms in total. The Balaban J connectivity index is 2.36. The van der Waals surface area contributed by atoms with Crippen molar-refractivity contribution in [2.45, 2.75) is 23.6 Å². The smallest absolute Gasteiger partial charge is 0.133 e. The van der Waals surface area contributed by atoms with E-state index in [0.717, 1.165) is 21.2 Å². The second-order valence-electron chi connectivity index (χ2n) is 4.26. The Labute approximate surface area is 112 Å². The molecule has 0 aliphatic carbocycles. The van der Waals surface area contributed by atoms with Crippen LogP contribution in [-0.2, 0) is 0 Å². The number of nitrogen functional groups attached to an aromatic ring is 1. The zero-order valence-electron chi connectivity index (χ0n) is 10.9. The van der Waals surface area contributed by atoms with Crippen LogP contribution in [0.4, 0.5) is 5.69 Å². The lowest BCUT2D eigenvalue weighted by Gasteiger charge is -2.11. The molecule has 0 bridgehead atoms. The van der Waals surface area contributed by atoms with Gasteiger partial charge in [0.1, 0.15) is 5.75 Å². The molecule has 2 N–H and O–H groups in total. The zero-order chi connectivity index (χ0) is 13.1. The van der Waals surface area contributed by atoms with Crippen LogP contribution in [0, 0.1) is 13.8 Å². The monoisotopic (exact) mass is 259 g/mol. The first kappa shape index (κ1) is 12.8. The van der Waals surface area contributed by atoms with Crippen molar-refractivity contribution in [1.29, 1.82) is 0 Å². The molecule has 0 fully saturated rings. The SMILES string of the molecule is COc1cc(C)c(C)cc1Sc1cccc(N)c1. The van der Waals surface area contributed by atoms with Gasteiger partial charge in [-0.05, 0) is 55.3 Å². The Morgan fingerprint density at radius 3 is 2.44 bits per heavy atom. The predicted octanol–water partition coefficient (Wildman–Crippen LogP) is 4.05. The largest absolute Gasteiger partial charge is 0.496 e. The third-order valence-electron chi connectivity index (χ3n) is 2.87. The van der Waals surface area contributed by atoms with Crippen molar-refractivity contribution in [3.63, 3.8) is 0 Å². The minimum absolute atomic E-state index is 0.780. The summed E-state index contributed by atoms with van der Waals surface area (Å²) in [5.41, 5.74) is 9.08. The summed E-state index contributed by atoms with van der Waals surface area (Å²) in [5.74, 6) is 0.908. The summed E-state index contributed by atoms with van der Waals surface area (Å²) in [6, 6.07) is 12.1. The van der Waals surface area contributed by atoms with Gasteiger partial charge in [0.15, 0.2) is 0 Å². The second kappa shape index (κ2) is 5.36. The maximum Gasteiger partial charge on any atom is 0.133 e. The van der Waals surface area contributed by atoms with E-state index in [1.54, 1.807) is 18.9 Å². The molecule has 2 aromatic rings. The van der Waals surface area contributed by atoms with Gasteiger partial charge in [0, 0.05) is 10.6 Å². The van der Waals surface area contributed by atoms with Gasteiger partial charge in [-0.3, -0.25) is 0 Å². The van der Waals surface area contributed by atoms with Crippen LogP contribution < -0.4 is 10.5 Å². The third kappa shape index (κ3) is 2.79. The number of ether oxygens (including phenoxy) is 1. The maximum atomic E-state index is 5.79. The molecular formula is C15H17NOS. The highest BCUT2D eigenvalue weighted by atomic mass is 32.2. The summed E-state index contributed by atoms with van der Waals surface area (Å²) in [6.07, 6.45) is 0. The fourth-order valence-electron chi connectivity index (χ4n) is 1.71. The molecule has 2 rings (SSSR count). The topological polar surface area (TPSA) is 35.2 Å². The van der Waals surface area contributed by atoms with Crippen LogP contribution in [0.3, 0.4) is 0 Å². The van der Waals surface area contributed by atoms with Crippen LogP contribution in [0.15, 0.2) is 46.2 Å². The summed E-state index contributed by atoms with van der Waals surface area (Å²) in [4.78, 5) is 2.24. The Kier molecular flexibility index (Phi) is 3.82. The number of hydrogen-bond donors (Lipinski definition) is 1. The summed E-state index contributed by atoms with van der Waals surface area (Å²) in [5, 5.41) is 0. The summed E-state index contributed by atoms with van der Waals surface area (Å²) >= 11 is 1.67. The van der Waals surface area contributed by atoms with Crippen molar-refractivity contribution in [2.75, 3.05) is 12.8 Å². The molecule has 18 heavy (non-hydrogen) atoms. The fourth-order valence-corrected chi connectivity index (χ4v) is 2.78. The van der Waals surface area contributed by atoms with Gasteiger partial charge in [0.25, 0.3) is 0 Å². The van der Waals surface area contributed by atoms with Crippen LogP contribution in [0.1, 0.15) is 11.1 Å². The average Bonchev–Trinajstić information content (AvgIpc) is 2.33. The lowest BCUT2D eigenvalue weighted by molar-refractivity contribution is 0.404. The highest BCUT2D eigenvalue weighted by Gasteiger charge is 2.07. The minimum atomic E-state index is 0.780. The molecule has 0 spiro atoms. The number of rotatable bonds is 3. The molecule has 0 aliphatic heterocycles. The van der Waals surface area contributed by atoms with Crippen molar-refractivity contribution in [2.24, 2.45) is 0 Å². The lowest BCUT2D eigenvalue weighted by Crippen LogP contribution is -1.90. The van der Waals surface area contributed by atoms with Crippen molar-refractivity contribution in [3.8, 4) is 5.75 Å². The normalized spacial score (nSPS) is 10.4. The van der Waals surface area contributed by atoms with Gasteiger partial charge in [-0.2, -0.15) is 0 Å². The van der Waals surface area contributed by atoms with E-state index in [9.17, 15) is 0 Å². The number of hydrogen-bond acceptors (Lipinski definition) is 3. The molecule has 0 aliphatic rings. The molecule has 0 aromatic heterocycles. The van der Waals surface area contributed by atoms with Gasteiger partial charge >= 0.3 is 0 Å². The average molecular weight is 259 g/mol. The minimum Gasteiger partial charge on any atom is -0.496 e. The van der Waals surface area contributed by atoms with Gasteiger partial charge in [-0.25, -0.2) is 0 Å². The molecular weight excluding hydrogens is 242 g/mol.